The molecule has 0 unspecified atom stereocenters. The van der Waals surface area contributed by atoms with Crippen LogP contribution in [0.2, 0.25) is 0 Å². The molecule has 0 N–H and O–H groups in total. The Labute approximate surface area is 139 Å². The monoisotopic (exact) mass is 294 g/mol. The Balaban J connectivity index is 0.00000324. The van der Waals surface area contributed by atoms with Crippen molar-refractivity contribution in [2.45, 2.75) is 50.8 Å². The Hall–Kier alpha value is 0.130. The van der Waals surface area contributed by atoms with Crippen LogP contribution in [-0.2, 0) is 20.7 Å². The first-order valence-corrected chi connectivity index (χ1v) is 8.00. The molecule has 1 aromatic carbocycles. The summed E-state index contributed by atoms with van der Waals surface area (Å²) in [4.78, 5) is 0.328. The van der Waals surface area contributed by atoms with E-state index in [-0.39, 0.29) is 36.2 Å². The van der Waals surface area contributed by atoms with Crippen LogP contribution in [0.3, 0.4) is 0 Å². The summed E-state index contributed by atoms with van der Waals surface area (Å²) in [5.74, 6) is 0. The van der Waals surface area contributed by atoms with Gasteiger partial charge in [-0.3, -0.25) is 4.18 Å². The number of rotatable bonds is 8. The van der Waals surface area contributed by atoms with Crippen LogP contribution in [0.1, 0.15) is 45.1 Å². The molecule has 0 amide bonds. The molecule has 104 valence electrons. The van der Waals surface area contributed by atoms with Crippen molar-refractivity contribution >= 4 is 39.7 Å². The number of hydrogen-bond acceptors (Lipinski definition) is 3. The Morgan fingerprint density at radius 2 is 1.68 bits per heavy atom. The Morgan fingerprint density at radius 1 is 1.05 bits per heavy atom. The number of aryl methyl sites for hydroxylation is 1. The predicted molar refractivity (Wildman–Crippen MR) is 80.2 cm³/mol. The molecule has 1 rings (SSSR count). The quantitative estimate of drug-likeness (QED) is 0.421. The predicted octanol–water partition coefficient (Wildman–Crippen LogP) is 2.89. The van der Waals surface area contributed by atoms with Crippen LogP contribution in [-0.4, -0.2) is 44.6 Å². The van der Waals surface area contributed by atoms with Crippen molar-refractivity contribution in [1.82, 2.24) is 0 Å². The normalized spacial score (nSPS) is 11.1. The Morgan fingerprint density at radius 3 is 2.32 bits per heavy atom. The summed E-state index contributed by atoms with van der Waals surface area (Å²) in [6.07, 6.45) is 4.50. The van der Waals surface area contributed by atoms with Gasteiger partial charge in [-0.2, -0.15) is 8.42 Å². The van der Waals surface area contributed by atoms with Gasteiger partial charge >= 0.3 is 29.6 Å². The molecule has 0 aliphatic rings. The first-order valence-electron chi connectivity index (χ1n) is 6.59. The van der Waals surface area contributed by atoms with Crippen molar-refractivity contribution < 1.29 is 12.6 Å². The summed E-state index contributed by atoms with van der Waals surface area (Å²) >= 11 is 0. The van der Waals surface area contributed by atoms with Crippen molar-refractivity contribution in [1.29, 1.82) is 0 Å². The van der Waals surface area contributed by atoms with Crippen molar-refractivity contribution in [2.75, 3.05) is 6.61 Å². The summed E-state index contributed by atoms with van der Waals surface area (Å²) in [5.41, 5.74) is 0.857. The molecular formula is C14H23NaO3S. The van der Waals surface area contributed by atoms with E-state index in [4.69, 9.17) is 4.18 Å². The van der Waals surface area contributed by atoms with Crippen LogP contribution in [0.5, 0.6) is 0 Å². The van der Waals surface area contributed by atoms with E-state index >= 15 is 0 Å². The van der Waals surface area contributed by atoms with Gasteiger partial charge in [-0.25, -0.2) is 0 Å². The van der Waals surface area contributed by atoms with Crippen LogP contribution in [0, 0.1) is 0 Å². The summed E-state index contributed by atoms with van der Waals surface area (Å²) < 4.78 is 29.2. The van der Waals surface area contributed by atoms with Crippen LogP contribution < -0.4 is 0 Å². The molecule has 0 aliphatic carbocycles. The van der Waals surface area contributed by atoms with Gasteiger partial charge < -0.3 is 0 Å². The van der Waals surface area contributed by atoms with Crippen molar-refractivity contribution in [2.24, 2.45) is 0 Å². The van der Waals surface area contributed by atoms with Gasteiger partial charge in [-0.1, -0.05) is 44.9 Å². The summed E-state index contributed by atoms with van der Waals surface area (Å²) in [6, 6.07) is 7.11. The second-order valence-electron chi connectivity index (χ2n) is 4.34. The van der Waals surface area contributed by atoms with Crippen LogP contribution >= 0.6 is 0 Å². The van der Waals surface area contributed by atoms with Gasteiger partial charge in [-0.05, 0) is 30.9 Å². The second kappa shape index (κ2) is 9.94. The van der Waals surface area contributed by atoms with E-state index in [1.54, 1.807) is 12.1 Å². The average Bonchev–Trinajstić information content (AvgIpc) is 2.37. The zero-order valence-electron chi connectivity index (χ0n) is 11.2. The number of benzene rings is 1. The molecule has 0 saturated carbocycles. The molecule has 0 heterocycles. The topological polar surface area (TPSA) is 43.4 Å². The molecule has 0 radical (unpaired) electrons. The van der Waals surface area contributed by atoms with E-state index in [9.17, 15) is 8.42 Å². The zero-order chi connectivity index (χ0) is 13.4. The van der Waals surface area contributed by atoms with E-state index < -0.39 is 10.1 Å². The summed E-state index contributed by atoms with van der Waals surface area (Å²) in [6.45, 7) is 4.36. The molecule has 0 bridgehead atoms. The Bertz CT molecular complexity index is 458. The minimum atomic E-state index is -3.59. The third kappa shape index (κ3) is 6.41. The van der Waals surface area contributed by atoms with E-state index in [1.807, 2.05) is 19.1 Å². The molecule has 5 heteroatoms. The molecular weight excluding hydrogens is 271 g/mol. The van der Waals surface area contributed by atoms with Crippen molar-refractivity contribution in [3.8, 4) is 0 Å². The molecule has 19 heavy (non-hydrogen) atoms. The van der Waals surface area contributed by atoms with Gasteiger partial charge in [0.2, 0.25) is 0 Å². The third-order valence-electron chi connectivity index (χ3n) is 2.78. The van der Waals surface area contributed by atoms with Gasteiger partial charge in [0, 0.05) is 0 Å². The Kier molecular flexibility index (Phi) is 10.0. The molecule has 0 spiro atoms. The van der Waals surface area contributed by atoms with Gasteiger partial charge in [0.15, 0.2) is 0 Å². The molecule has 1 aromatic rings. The minimum absolute atomic E-state index is 0. The SMILES string of the molecule is CCCCOS(=O)(=O)c1ccccc1CCCC.[NaH]. The number of unbranched alkanes of at least 4 members (excludes halogenated alkanes) is 2. The fourth-order valence-electron chi connectivity index (χ4n) is 1.70. The van der Waals surface area contributed by atoms with Gasteiger partial charge in [0.05, 0.1) is 11.5 Å². The fraction of sp³-hybridized carbons (Fsp3) is 0.571. The summed E-state index contributed by atoms with van der Waals surface area (Å²) in [5, 5.41) is 0. The zero-order valence-corrected chi connectivity index (χ0v) is 12.0. The van der Waals surface area contributed by atoms with Crippen LogP contribution in [0.4, 0.5) is 0 Å². The van der Waals surface area contributed by atoms with E-state index in [0.29, 0.717) is 4.90 Å². The van der Waals surface area contributed by atoms with Gasteiger partial charge in [0.25, 0.3) is 10.1 Å². The van der Waals surface area contributed by atoms with Crippen molar-refractivity contribution in [3.63, 3.8) is 0 Å². The maximum atomic E-state index is 12.1. The molecule has 0 saturated heterocycles. The molecule has 0 fully saturated rings. The average molecular weight is 294 g/mol. The van der Waals surface area contributed by atoms with E-state index in [1.165, 1.54) is 0 Å². The van der Waals surface area contributed by atoms with Gasteiger partial charge in [-0.15, -0.1) is 0 Å². The standard InChI is InChI=1S/C14H22O3S.Na.H/c1-3-5-9-13-10-7-8-11-14(13)18(15,16)17-12-6-4-2;;/h7-8,10-11H,3-6,9,12H2,1-2H3;;. The molecule has 0 aliphatic heterocycles. The van der Waals surface area contributed by atoms with Crippen LogP contribution in [0.15, 0.2) is 29.2 Å². The van der Waals surface area contributed by atoms with E-state index in [0.717, 1.165) is 37.7 Å². The molecule has 0 atom stereocenters. The van der Waals surface area contributed by atoms with Crippen molar-refractivity contribution in [3.05, 3.63) is 29.8 Å². The van der Waals surface area contributed by atoms with Gasteiger partial charge in [0.1, 0.15) is 0 Å². The molecule has 0 aromatic heterocycles. The maximum absolute atomic E-state index is 12.1. The first-order chi connectivity index (χ1) is 8.61. The third-order valence-corrected chi connectivity index (χ3v) is 4.19. The second-order valence-corrected chi connectivity index (χ2v) is 5.92. The fourth-order valence-corrected chi connectivity index (χ4v) is 2.90. The first kappa shape index (κ1) is 19.1. The van der Waals surface area contributed by atoms with Crippen LogP contribution in [0.25, 0.3) is 0 Å². The van der Waals surface area contributed by atoms with E-state index in [2.05, 4.69) is 6.92 Å². The number of hydrogen-bond donors (Lipinski definition) is 0. The molecule has 3 nitrogen and oxygen atoms in total. The summed E-state index contributed by atoms with van der Waals surface area (Å²) in [7, 11) is -3.59.